The number of nitrogens with one attached hydrogen (secondary N) is 1. The highest BCUT2D eigenvalue weighted by molar-refractivity contribution is 7.98. The Hall–Kier alpha value is -3.20. The van der Waals surface area contributed by atoms with Crippen LogP contribution in [0.15, 0.2) is 53.7 Å². The molecule has 0 aliphatic heterocycles. The van der Waals surface area contributed by atoms with Crippen LogP contribution in [0.1, 0.15) is 40.3 Å². The summed E-state index contributed by atoms with van der Waals surface area (Å²) in [6, 6.07) is 13.5. The van der Waals surface area contributed by atoms with Crippen LogP contribution in [-0.2, 0) is 12.8 Å². The zero-order chi connectivity index (χ0) is 21.0. The molecule has 0 spiro atoms. The molecule has 0 saturated heterocycles. The Morgan fingerprint density at radius 3 is 2.55 bits per heavy atom. The average molecular weight is 411 g/mol. The lowest BCUT2D eigenvalue weighted by atomic mass is 10.1. The third-order valence-corrected chi connectivity index (χ3v) is 5.60. The van der Waals surface area contributed by atoms with Crippen molar-refractivity contribution in [3.63, 3.8) is 0 Å². The van der Waals surface area contributed by atoms with Crippen LogP contribution in [0.2, 0.25) is 0 Å². The van der Waals surface area contributed by atoms with Gasteiger partial charge in [0.1, 0.15) is 0 Å². The Morgan fingerprint density at radius 1 is 1.21 bits per heavy atom. The van der Waals surface area contributed by atoms with E-state index in [-0.39, 0.29) is 17.6 Å². The highest BCUT2D eigenvalue weighted by Gasteiger charge is 2.19. The van der Waals surface area contributed by atoms with Crippen LogP contribution in [0, 0.1) is 17.0 Å². The second-order valence-corrected chi connectivity index (χ2v) is 7.56. The van der Waals surface area contributed by atoms with E-state index in [0.717, 1.165) is 11.1 Å². The zero-order valence-electron chi connectivity index (χ0n) is 16.3. The van der Waals surface area contributed by atoms with E-state index in [1.54, 1.807) is 18.2 Å². The van der Waals surface area contributed by atoms with Gasteiger partial charge >= 0.3 is 0 Å². The van der Waals surface area contributed by atoms with E-state index in [1.807, 2.05) is 43.7 Å². The third-order valence-electron chi connectivity index (χ3n) is 4.51. The molecular formula is C20H21N5O3S. The van der Waals surface area contributed by atoms with Gasteiger partial charge < -0.3 is 9.88 Å². The maximum atomic E-state index is 12.5. The van der Waals surface area contributed by atoms with Crippen molar-refractivity contribution in [1.82, 2.24) is 20.1 Å². The SMILES string of the molecule is Cc1ccccc1C(=O)N[C@@H](C)c1nnc(SCc2ccc([N+](=O)[O-])cc2)n1C. The first-order valence-corrected chi connectivity index (χ1v) is 9.97. The Balaban J connectivity index is 1.64. The first-order valence-electron chi connectivity index (χ1n) is 8.98. The number of hydrogen-bond donors (Lipinski definition) is 1. The van der Waals surface area contributed by atoms with Crippen molar-refractivity contribution in [3.05, 3.63) is 81.2 Å². The van der Waals surface area contributed by atoms with Crippen molar-refractivity contribution in [2.45, 2.75) is 30.8 Å². The van der Waals surface area contributed by atoms with Gasteiger partial charge in [0.2, 0.25) is 0 Å². The highest BCUT2D eigenvalue weighted by atomic mass is 32.2. The number of carbonyl (C=O) groups excluding carboxylic acids is 1. The van der Waals surface area contributed by atoms with E-state index < -0.39 is 4.92 Å². The zero-order valence-corrected chi connectivity index (χ0v) is 17.1. The number of thioether (sulfide) groups is 1. The Labute approximate surface area is 172 Å². The molecule has 150 valence electrons. The first-order chi connectivity index (χ1) is 13.9. The van der Waals surface area contributed by atoms with Crippen LogP contribution in [0.25, 0.3) is 0 Å². The Morgan fingerprint density at radius 2 is 1.90 bits per heavy atom. The molecular weight excluding hydrogens is 390 g/mol. The quantitative estimate of drug-likeness (QED) is 0.360. The highest BCUT2D eigenvalue weighted by Crippen LogP contribution is 2.24. The predicted octanol–water partition coefficient (Wildman–Crippen LogP) is 3.82. The molecule has 3 rings (SSSR count). The molecule has 1 atom stereocenters. The Bertz CT molecular complexity index is 1030. The fourth-order valence-corrected chi connectivity index (χ4v) is 3.73. The van der Waals surface area contributed by atoms with Gasteiger partial charge in [-0.1, -0.05) is 42.1 Å². The summed E-state index contributed by atoms with van der Waals surface area (Å²) in [7, 11) is 1.85. The number of hydrogen-bond acceptors (Lipinski definition) is 6. The molecule has 0 bridgehead atoms. The van der Waals surface area contributed by atoms with Gasteiger partial charge in [0.15, 0.2) is 11.0 Å². The fraction of sp³-hybridized carbons (Fsp3) is 0.250. The average Bonchev–Trinajstić information content (AvgIpc) is 3.07. The minimum Gasteiger partial charge on any atom is -0.342 e. The lowest BCUT2D eigenvalue weighted by molar-refractivity contribution is -0.384. The smallest absolute Gasteiger partial charge is 0.269 e. The molecule has 0 aliphatic carbocycles. The van der Waals surface area contributed by atoms with Crippen molar-refractivity contribution in [1.29, 1.82) is 0 Å². The number of nitro benzene ring substituents is 1. The van der Waals surface area contributed by atoms with Gasteiger partial charge in [-0.05, 0) is 31.0 Å². The summed E-state index contributed by atoms with van der Waals surface area (Å²) < 4.78 is 1.85. The molecule has 8 nitrogen and oxygen atoms in total. The van der Waals surface area contributed by atoms with Crippen molar-refractivity contribution < 1.29 is 9.72 Å². The van der Waals surface area contributed by atoms with Crippen molar-refractivity contribution >= 4 is 23.4 Å². The molecule has 0 radical (unpaired) electrons. The molecule has 0 saturated carbocycles. The van der Waals surface area contributed by atoms with E-state index in [0.29, 0.717) is 22.3 Å². The van der Waals surface area contributed by atoms with Crippen LogP contribution in [0.3, 0.4) is 0 Å². The maximum Gasteiger partial charge on any atom is 0.269 e. The van der Waals surface area contributed by atoms with Gasteiger partial charge in [-0.15, -0.1) is 10.2 Å². The molecule has 0 aliphatic rings. The third kappa shape index (κ3) is 4.80. The summed E-state index contributed by atoms with van der Waals surface area (Å²) >= 11 is 1.48. The summed E-state index contributed by atoms with van der Waals surface area (Å²) in [5.41, 5.74) is 2.56. The van der Waals surface area contributed by atoms with Crippen LogP contribution in [0.4, 0.5) is 5.69 Å². The first kappa shape index (κ1) is 20.5. The second kappa shape index (κ2) is 8.87. The van der Waals surface area contributed by atoms with E-state index in [4.69, 9.17) is 0 Å². The summed E-state index contributed by atoms with van der Waals surface area (Å²) in [6.45, 7) is 3.76. The molecule has 2 aromatic carbocycles. The number of nitrogens with zero attached hydrogens (tertiary/aromatic N) is 4. The van der Waals surface area contributed by atoms with Gasteiger partial charge in [-0.3, -0.25) is 14.9 Å². The molecule has 1 aromatic heterocycles. The van der Waals surface area contributed by atoms with Crippen LogP contribution in [0.5, 0.6) is 0 Å². The minimum atomic E-state index is -0.418. The van der Waals surface area contributed by atoms with E-state index in [9.17, 15) is 14.9 Å². The summed E-state index contributed by atoms with van der Waals surface area (Å²) in [6.07, 6.45) is 0. The van der Waals surface area contributed by atoms with Gasteiger partial charge in [0, 0.05) is 30.5 Å². The number of nitro groups is 1. The van der Waals surface area contributed by atoms with E-state index >= 15 is 0 Å². The molecule has 1 heterocycles. The number of rotatable bonds is 7. The molecule has 1 N–H and O–H groups in total. The minimum absolute atomic E-state index is 0.0675. The maximum absolute atomic E-state index is 12.5. The molecule has 0 unspecified atom stereocenters. The van der Waals surface area contributed by atoms with Crippen LogP contribution in [-0.4, -0.2) is 25.6 Å². The van der Waals surface area contributed by atoms with Crippen molar-refractivity contribution in [2.75, 3.05) is 0 Å². The van der Waals surface area contributed by atoms with Gasteiger partial charge in [0.05, 0.1) is 11.0 Å². The molecule has 0 fully saturated rings. The van der Waals surface area contributed by atoms with Gasteiger partial charge in [-0.25, -0.2) is 0 Å². The number of aryl methyl sites for hydroxylation is 1. The molecule has 1 amide bonds. The fourth-order valence-electron chi connectivity index (χ4n) is 2.86. The summed E-state index contributed by atoms with van der Waals surface area (Å²) in [5, 5.41) is 22.8. The second-order valence-electron chi connectivity index (χ2n) is 6.62. The van der Waals surface area contributed by atoms with Crippen LogP contribution < -0.4 is 5.32 Å². The van der Waals surface area contributed by atoms with E-state index in [2.05, 4.69) is 15.5 Å². The number of aromatic nitrogens is 3. The number of non-ortho nitro benzene ring substituents is 1. The predicted molar refractivity (Wildman–Crippen MR) is 111 cm³/mol. The standard InChI is InChI=1S/C20H21N5O3S/c1-13-6-4-5-7-17(13)19(26)21-14(2)18-22-23-20(24(18)3)29-12-15-8-10-16(11-9-15)25(27)28/h4-11,14H,12H2,1-3H3,(H,21,26)/t14-/m0/s1. The number of benzene rings is 2. The summed E-state index contributed by atoms with van der Waals surface area (Å²) in [5.74, 6) is 1.10. The molecule has 9 heteroatoms. The number of amides is 1. The van der Waals surface area contributed by atoms with Crippen molar-refractivity contribution in [2.24, 2.45) is 7.05 Å². The number of carbonyl (C=O) groups is 1. The molecule has 29 heavy (non-hydrogen) atoms. The Kier molecular flexibility index (Phi) is 6.28. The largest absolute Gasteiger partial charge is 0.342 e. The van der Waals surface area contributed by atoms with Crippen molar-refractivity contribution in [3.8, 4) is 0 Å². The lowest BCUT2D eigenvalue weighted by Crippen LogP contribution is -2.29. The van der Waals surface area contributed by atoms with Gasteiger partial charge in [-0.2, -0.15) is 0 Å². The monoisotopic (exact) mass is 411 g/mol. The van der Waals surface area contributed by atoms with Crippen LogP contribution >= 0.6 is 11.8 Å². The molecule has 3 aromatic rings. The normalized spacial score (nSPS) is 11.8. The van der Waals surface area contributed by atoms with Gasteiger partial charge in [0.25, 0.3) is 11.6 Å². The lowest BCUT2D eigenvalue weighted by Gasteiger charge is -2.14. The topological polar surface area (TPSA) is 103 Å². The van der Waals surface area contributed by atoms with E-state index in [1.165, 1.54) is 23.9 Å². The summed E-state index contributed by atoms with van der Waals surface area (Å²) in [4.78, 5) is 22.9.